The third-order valence-corrected chi connectivity index (χ3v) is 4.32. The smallest absolute Gasteiger partial charge is 0.368 e. The Morgan fingerprint density at radius 3 is 2.67 bits per heavy atom. The molecule has 0 saturated heterocycles. The maximum absolute atomic E-state index is 12.6. The summed E-state index contributed by atoms with van der Waals surface area (Å²) in [4.78, 5) is 11.8. The van der Waals surface area contributed by atoms with E-state index >= 15 is 0 Å². The van der Waals surface area contributed by atoms with E-state index in [-0.39, 0.29) is 6.04 Å². The molecule has 0 bridgehead atoms. The number of carbonyl (C=O) groups excluding carboxylic acids is 1. The summed E-state index contributed by atoms with van der Waals surface area (Å²) in [5, 5.41) is 7.07. The molecule has 2 atom stereocenters. The van der Waals surface area contributed by atoms with Gasteiger partial charge in [0.2, 0.25) is 5.91 Å². The molecule has 2 unspecified atom stereocenters. The number of primary amides is 1. The molecule has 2 fully saturated rings. The highest BCUT2D eigenvalue weighted by atomic mass is 19.4. The first-order chi connectivity index (χ1) is 9.80. The van der Waals surface area contributed by atoms with Gasteiger partial charge in [-0.2, -0.15) is 18.3 Å². The monoisotopic (exact) mass is 302 g/mol. The van der Waals surface area contributed by atoms with Crippen molar-refractivity contribution in [3.8, 4) is 0 Å². The summed E-state index contributed by atoms with van der Waals surface area (Å²) in [6.45, 7) is 0. The number of rotatable bonds is 4. The fraction of sp³-hybridized carbons (Fsp3) is 0.692. The van der Waals surface area contributed by atoms with Gasteiger partial charge in [-0.3, -0.25) is 9.48 Å². The van der Waals surface area contributed by atoms with Gasteiger partial charge < -0.3 is 11.1 Å². The molecule has 0 aliphatic heterocycles. The first-order valence-corrected chi connectivity index (χ1v) is 6.99. The number of alkyl halides is 3. The Hall–Kier alpha value is -1.57. The standard InChI is InChI=1S/C13H17F3N4O/c14-13(15,16)8-6-18-20(7-8)10-3-4-12(5-10,11(17)21)19-9-1-2-9/h6-7,9-10,19H,1-5H2,(H2,17,21). The summed E-state index contributed by atoms with van der Waals surface area (Å²) in [5.74, 6) is -0.430. The predicted octanol–water partition coefficient (Wildman–Crippen LogP) is 1.60. The van der Waals surface area contributed by atoms with Crippen LogP contribution in [0.25, 0.3) is 0 Å². The van der Waals surface area contributed by atoms with Crippen molar-refractivity contribution in [1.29, 1.82) is 0 Å². The topological polar surface area (TPSA) is 72.9 Å². The minimum absolute atomic E-state index is 0.236. The van der Waals surface area contributed by atoms with Crippen molar-refractivity contribution in [2.75, 3.05) is 0 Å². The molecule has 1 amide bonds. The first-order valence-electron chi connectivity index (χ1n) is 6.99. The van der Waals surface area contributed by atoms with Crippen molar-refractivity contribution < 1.29 is 18.0 Å². The van der Waals surface area contributed by atoms with Crippen molar-refractivity contribution in [2.45, 2.75) is 55.9 Å². The zero-order chi connectivity index (χ0) is 15.3. The molecule has 3 N–H and O–H groups in total. The minimum Gasteiger partial charge on any atom is -0.368 e. The SMILES string of the molecule is NC(=O)C1(NC2CC2)CCC(n2cc(C(F)(F)F)cn2)C1. The Kier molecular flexibility index (Phi) is 3.23. The molecule has 0 spiro atoms. The fourth-order valence-corrected chi connectivity index (χ4v) is 2.97. The number of aromatic nitrogens is 2. The van der Waals surface area contributed by atoms with E-state index in [4.69, 9.17) is 5.73 Å². The zero-order valence-corrected chi connectivity index (χ0v) is 11.4. The van der Waals surface area contributed by atoms with E-state index in [1.807, 2.05) is 0 Å². The molecule has 8 heteroatoms. The van der Waals surface area contributed by atoms with Crippen LogP contribution in [0.1, 0.15) is 43.7 Å². The fourth-order valence-electron chi connectivity index (χ4n) is 2.97. The lowest BCUT2D eigenvalue weighted by Crippen LogP contribution is -2.54. The van der Waals surface area contributed by atoms with Gasteiger partial charge in [0.25, 0.3) is 0 Å². The number of nitrogens with one attached hydrogen (secondary N) is 1. The normalized spacial score (nSPS) is 29.8. The third kappa shape index (κ3) is 2.76. The van der Waals surface area contributed by atoms with Gasteiger partial charge in [0, 0.05) is 12.2 Å². The largest absolute Gasteiger partial charge is 0.419 e. The van der Waals surface area contributed by atoms with Crippen LogP contribution in [0.4, 0.5) is 13.2 Å². The first kappa shape index (κ1) is 14.4. The van der Waals surface area contributed by atoms with E-state index in [0.29, 0.717) is 25.3 Å². The van der Waals surface area contributed by atoms with Crippen LogP contribution >= 0.6 is 0 Å². The Morgan fingerprint density at radius 1 is 1.43 bits per heavy atom. The van der Waals surface area contributed by atoms with Gasteiger partial charge >= 0.3 is 6.18 Å². The molecule has 5 nitrogen and oxygen atoms in total. The second kappa shape index (κ2) is 4.72. The van der Waals surface area contributed by atoms with Crippen molar-refractivity contribution >= 4 is 5.91 Å². The average molecular weight is 302 g/mol. The minimum atomic E-state index is -4.40. The van der Waals surface area contributed by atoms with Crippen LogP contribution in [0.3, 0.4) is 0 Å². The third-order valence-electron chi connectivity index (χ3n) is 4.32. The van der Waals surface area contributed by atoms with Crippen LogP contribution in [0.2, 0.25) is 0 Å². The van der Waals surface area contributed by atoms with Gasteiger partial charge in [-0.1, -0.05) is 0 Å². The van der Waals surface area contributed by atoms with E-state index in [1.54, 1.807) is 0 Å². The number of hydrogen-bond donors (Lipinski definition) is 2. The van der Waals surface area contributed by atoms with Crippen molar-refractivity contribution in [3.05, 3.63) is 18.0 Å². The lowest BCUT2D eigenvalue weighted by atomic mass is 9.96. The summed E-state index contributed by atoms with van der Waals surface area (Å²) in [7, 11) is 0. The number of carbonyl (C=O) groups is 1. The van der Waals surface area contributed by atoms with Gasteiger partial charge in [0.05, 0.1) is 23.3 Å². The van der Waals surface area contributed by atoms with Gasteiger partial charge in [0.15, 0.2) is 0 Å². The molecule has 1 aromatic rings. The van der Waals surface area contributed by atoms with Crippen LogP contribution in [0.15, 0.2) is 12.4 Å². The molecule has 2 aliphatic carbocycles. The van der Waals surface area contributed by atoms with Crippen LogP contribution in [0, 0.1) is 0 Å². The maximum Gasteiger partial charge on any atom is 0.419 e. The predicted molar refractivity (Wildman–Crippen MR) is 68.2 cm³/mol. The molecule has 116 valence electrons. The number of amides is 1. The zero-order valence-electron chi connectivity index (χ0n) is 11.4. The lowest BCUT2D eigenvalue weighted by Gasteiger charge is -2.27. The van der Waals surface area contributed by atoms with Gasteiger partial charge in [0.1, 0.15) is 0 Å². The van der Waals surface area contributed by atoms with E-state index in [2.05, 4.69) is 10.4 Å². The summed E-state index contributed by atoms with van der Waals surface area (Å²) >= 11 is 0. The highest BCUT2D eigenvalue weighted by Crippen LogP contribution is 2.40. The highest BCUT2D eigenvalue weighted by molar-refractivity contribution is 5.85. The summed E-state index contributed by atoms with van der Waals surface area (Å²) in [6.07, 6.45) is 0.949. The molecule has 2 saturated carbocycles. The summed E-state index contributed by atoms with van der Waals surface area (Å²) in [6, 6.07) is 0.0689. The number of hydrogen-bond acceptors (Lipinski definition) is 3. The second-order valence-corrected chi connectivity index (χ2v) is 5.97. The highest BCUT2D eigenvalue weighted by Gasteiger charge is 2.47. The van der Waals surface area contributed by atoms with Crippen LogP contribution in [0.5, 0.6) is 0 Å². The average Bonchev–Trinajstić information content (AvgIpc) is 2.91. The van der Waals surface area contributed by atoms with E-state index < -0.39 is 23.2 Å². The molecule has 21 heavy (non-hydrogen) atoms. The second-order valence-electron chi connectivity index (χ2n) is 5.97. The molecule has 1 aromatic heterocycles. The Bertz CT molecular complexity index is 552. The molecule has 0 radical (unpaired) electrons. The van der Waals surface area contributed by atoms with Gasteiger partial charge in [-0.25, -0.2) is 0 Å². The Balaban J connectivity index is 1.76. The molecule has 2 aliphatic rings. The Morgan fingerprint density at radius 2 is 2.14 bits per heavy atom. The van der Waals surface area contributed by atoms with E-state index in [1.165, 1.54) is 4.68 Å². The number of nitrogens with zero attached hydrogens (tertiary/aromatic N) is 2. The van der Waals surface area contributed by atoms with Gasteiger partial charge in [-0.05, 0) is 32.1 Å². The molecule has 3 rings (SSSR count). The van der Waals surface area contributed by atoms with Crippen molar-refractivity contribution in [2.24, 2.45) is 5.73 Å². The van der Waals surface area contributed by atoms with Crippen LogP contribution in [-0.2, 0) is 11.0 Å². The molecular weight excluding hydrogens is 285 g/mol. The quantitative estimate of drug-likeness (QED) is 0.887. The summed E-state index contributed by atoms with van der Waals surface area (Å²) in [5.41, 5.74) is 3.93. The maximum atomic E-state index is 12.6. The molecular formula is C13H17F3N4O. The van der Waals surface area contributed by atoms with Crippen LogP contribution in [-0.4, -0.2) is 27.3 Å². The molecule has 0 aromatic carbocycles. The van der Waals surface area contributed by atoms with Crippen molar-refractivity contribution in [1.82, 2.24) is 15.1 Å². The van der Waals surface area contributed by atoms with E-state index in [0.717, 1.165) is 25.2 Å². The Labute approximate surface area is 119 Å². The van der Waals surface area contributed by atoms with Crippen LogP contribution < -0.4 is 11.1 Å². The lowest BCUT2D eigenvalue weighted by molar-refractivity contribution is -0.137. The van der Waals surface area contributed by atoms with Crippen molar-refractivity contribution in [3.63, 3.8) is 0 Å². The summed E-state index contributed by atoms with van der Waals surface area (Å²) < 4.78 is 39.1. The van der Waals surface area contributed by atoms with E-state index in [9.17, 15) is 18.0 Å². The number of halogens is 3. The molecule has 1 heterocycles. The van der Waals surface area contributed by atoms with Gasteiger partial charge in [-0.15, -0.1) is 0 Å². The number of nitrogens with two attached hydrogens (primary N) is 1.